The smallest absolute Gasteiger partial charge is 0.358 e. The predicted octanol–water partition coefficient (Wildman–Crippen LogP) is 1.93. The summed E-state index contributed by atoms with van der Waals surface area (Å²) < 4.78 is 15.4. The molecule has 0 fully saturated rings. The third-order valence-corrected chi connectivity index (χ3v) is 2.59. The van der Waals surface area contributed by atoms with Crippen LogP contribution in [0.1, 0.15) is 16.1 Å². The number of benzene rings is 1. The molecule has 0 saturated heterocycles. The van der Waals surface area contributed by atoms with Gasteiger partial charge in [-0.05, 0) is 18.2 Å². The van der Waals surface area contributed by atoms with Crippen molar-refractivity contribution in [3.8, 4) is 0 Å². The maximum atomic E-state index is 13.4. The number of halogens is 2. The van der Waals surface area contributed by atoms with Crippen molar-refractivity contribution in [2.24, 2.45) is 0 Å². The Bertz CT molecular complexity index is 570. The Labute approximate surface area is 104 Å². The van der Waals surface area contributed by atoms with Crippen LogP contribution < -0.4 is 0 Å². The van der Waals surface area contributed by atoms with Crippen molar-refractivity contribution in [2.75, 3.05) is 0 Å². The van der Waals surface area contributed by atoms with E-state index in [9.17, 15) is 9.18 Å². The lowest BCUT2D eigenvalue weighted by atomic mass is 10.2. The zero-order valence-electron chi connectivity index (χ0n) is 8.47. The molecular weight excluding hydrogens is 293 g/mol. The van der Waals surface area contributed by atoms with Crippen LogP contribution in [-0.2, 0) is 6.54 Å². The number of aromatic nitrogens is 3. The molecule has 1 aromatic carbocycles. The minimum Gasteiger partial charge on any atom is -0.476 e. The zero-order valence-corrected chi connectivity index (χ0v) is 10.1. The fourth-order valence-corrected chi connectivity index (χ4v) is 1.72. The number of aromatic carboxylic acids is 1. The van der Waals surface area contributed by atoms with Gasteiger partial charge in [-0.25, -0.2) is 13.9 Å². The van der Waals surface area contributed by atoms with Gasteiger partial charge in [-0.1, -0.05) is 21.1 Å². The molecule has 0 aliphatic carbocycles. The normalized spacial score (nSPS) is 10.5. The molecule has 0 atom stereocenters. The Morgan fingerprint density at radius 1 is 1.53 bits per heavy atom. The Hall–Kier alpha value is -1.76. The summed E-state index contributed by atoms with van der Waals surface area (Å²) >= 11 is 3.23. The molecule has 0 radical (unpaired) electrons. The molecular formula is C10H7BrFN3O2. The minimum absolute atomic E-state index is 0.131. The van der Waals surface area contributed by atoms with Gasteiger partial charge in [0.15, 0.2) is 5.69 Å². The third kappa shape index (κ3) is 2.68. The van der Waals surface area contributed by atoms with Gasteiger partial charge in [0, 0.05) is 10.0 Å². The minimum atomic E-state index is -1.16. The van der Waals surface area contributed by atoms with Crippen LogP contribution in [0.5, 0.6) is 0 Å². The molecule has 7 heteroatoms. The average molecular weight is 300 g/mol. The van der Waals surface area contributed by atoms with E-state index < -0.39 is 5.97 Å². The van der Waals surface area contributed by atoms with Crippen molar-refractivity contribution in [2.45, 2.75) is 6.54 Å². The highest BCUT2D eigenvalue weighted by Crippen LogP contribution is 2.16. The molecule has 0 aliphatic rings. The van der Waals surface area contributed by atoms with Crippen LogP contribution in [0.15, 0.2) is 28.9 Å². The monoisotopic (exact) mass is 299 g/mol. The van der Waals surface area contributed by atoms with E-state index >= 15 is 0 Å². The molecule has 5 nitrogen and oxygen atoms in total. The lowest BCUT2D eigenvalue weighted by molar-refractivity contribution is 0.0690. The fraction of sp³-hybridized carbons (Fsp3) is 0.100. The number of hydrogen-bond acceptors (Lipinski definition) is 3. The van der Waals surface area contributed by atoms with Crippen molar-refractivity contribution in [3.63, 3.8) is 0 Å². The van der Waals surface area contributed by atoms with Crippen molar-refractivity contribution < 1.29 is 14.3 Å². The fourth-order valence-electron chi connectivity index (χ4n) is 1.31. The van der Waals surface area contributed by atoms with E-state index in [2.05, 4.69) is 26.2 Å². The second kappa shape index (κ2) is 4.62. The van der Waals surface area contributed by atoms with E-state index in [1.165, 1.54) is 16.9 Å². The lowest BCUT2D eigenvalue weighted by Crippen LogP contribution is -2.03. The van der Waals surface area contributed by atoms with Gasteiger partial charge in [-0.15, -0.1) is 5.10 Å². The highest BCUT2D eigenvalue weighted by atomic mass is 79.9. The molecule has 17 heavy (non-hydrogen) atoms. The van der Waals surface area contributed by atoms with Gasteiger partial charge < -0.3 is 5.11 Å². The van der Waals surface area contributed by atoms with Crippen LogP contribution in [-0.4, -0.2) is 26.1 Å². The molecule has 1 heterocycles. The summed E-state index contributed by atoms with van der Waals surface area (Å²) in [5, 5.41) is 15.7. The van der Waals surface area contributed by atoms with E-state index in [-0.39, 0.29) is 18.1 Å². The van der Waals surface area contributed by atoms with Crippen LogP contribution in [0.2, 0.25) is 0 Å². The van der Waals surface area contributed by atoms with Crippen LogP contribution >= 0.6 is 15.9 Å². The quantitative estimate of drug-likeness (QED) is 0.940. The molecule has 1 N–H and O–H groups in total. The summed E-state index contributed by atoms with van der Waals surface area (Å²) in [7, 11) is 0. The Balaban J connectivity index is 2.25. The van der Waals surface area contributed by atoms with E-state index in [4.69, 9.17) is 5.11 Å². The first-order valence-electron chi connectivity index (χ1n) is 4.63. The SMILES string of the molecule is O=C(O)c1cn(Cc2cc(Br)ccc2F)nn1. The van der Waals surface area contributed by atoms with Gasteiger partial charge in [-0.2, -0.15) is 0 Å². The van der Waals surface area contributed by atoms with Crippen LogP contribution in [0.4, 0.5) is 4.39 Å². The van der Waals surface area contributed by atoms with E-state index in [0.717, 1.165) is 4.47 Å². The summed E-state index contributed by atoms with van der Waals surface area (Å²) in [4.78, 5) is 10.6. The number of carboxylic acids is 1. The summed E-state index contributed by atoms with van der Waals surface area (Å²) in [6, 6.07) is 4.52. The van der Waals surface area contributed by atoms with Gasteiger partial charge in [0.05, 0.1) is 12.7 Å². The molecule has 88 valence electrons. The van der Waals surface area contributed by atoms with Crippen LogP contribution in [0.3, 0.4) is 0 Å². The third-order valence-electron chi connectivity index (χ3n) is 2.10. The molecule has 0 amide bonds. The first-order chi connectivity index (χ1) is 8.06. The maximum Gasteiger partial charge on any atom is 0.358 e. The van der Waals surface area contributed by atoms with Crippen molar-refractivity contribution in [1.29, 1.82) is 0 Å². The molecule has 1 aromatic heterocycles. The number of rotatable bonds is 3. The molecule has 2 rings (SSSR count). The Morgan fingerprint density at radius 2 is 2.29 bits per heavy atom. The average Bonchev–Trinajstić information content (AvgIpc) is 2.72. The molecule has 0 bridgehead atoms. The Kier molecular flexibility index (Phi) is 3.19. The molecule has 0 saturated carbocycles. The molecule has 0 spiro atoms. The second-order valence-electron chi connectivity index (χ2n) is 3.34. The van der Waals surface area contributed by atoms with Crippen LogP contribution in [0.25, 0.3) is 0 Å². The van der Waals surface area contributed by atoms with Gasteiger partial charge in [0.2, 0.25) is 0 Å². The molecule has 0 unspecified atom stereocenters. The molecule has 0 aliphatic heterocycles. The maximum absolute atomic E-state index is 13.4. The number of carboxylic acid groups (broad SMARTS) is 1. The van der Waals surface area contributed by atoms with Crippen molar-refractivity contribution in [1.82, 2.24) is 15.0 Å². The summed E-state index contributed by atoms with van der Waals surface area (Å²) in [6.45, 7) is 0.131. The Morgan fingerprint density at radius 3 is 2.94 bits per heavy atom. The topological polar surface area (TPSA) is 68.0 Å². The standard InChI is InChI=1S/C10H7BrFN3O2/c11-7-1-2-8(12)6(3-7)4-15-5-9(10(16)17)13-14-15/h1-3,5H,4H2,(H,16,17). The summed E-state index contributed by atoms with van der Waals surface area (Å²) in [5.74, 6) is -1.54. The largest absolute Gasteiger partial charge is 0.476 e. The van der Waals surface area contributed by atoms with Crippen molar-refractivity contribution in [3.05, 3.63) is 45.9 Å². The second-order valence-corrected chi connectivity index (χ2v) is 4.26. The van der Waals surface area contributed by atoms with Gasteiger partial charge >= 0.3 is 5.97 Å². The number of nitrogens with zero attached hydrogens (tertiary/aromatic N) is 3. The molecule has 2 aromatic rings. The van der Waals surface area contributed by atoms with Crippen molar-refractivity contribution >= 4 is 21.9 Å². The van der Waals surface area contributed by atoms with Gasteiger partial charge in [0.1, 0.15) is 5.82 Å². The van der Waals surface area contributed by atoms with Crippen LogP contribution in [0, 0.1) is 5.82 Å². The van der Waals surface area contributed by atoms with E-state index in [1.54, 1.807) is 12.1 Å². The highest BCUT2D eigenvalue weighted by Gasteiger charge is 2.10. The highest BCUT2D eigenvalue weighted by molar-refractivity contribution is 9.10. The van der Waals surface area contributed by atoms with E-state index in [0.29, 0.717) is 5.56 Å². The summed E-state index contributed by atoms with van der Waals surface area (Å²) in [6.07, 6.45) is 1.25. The van der Waals surface area contributed by atoms with Gasteiger partial charge in [0.25, 0.3) is 0 Å². The summed E-state index contributed by atoms with van der Waals surface area (Å²) in [5.41, 5.74) is 0.238. The zero-order chi connectivity index (χ0) is 12.4. The van der Waals surface area contributed by atoms with Gasteiger partial charge in [-0.3, -0.25) is 0 Å². The lowest BCUT2D eigenvalue weighted by Gasteiger charge is -2.03. The predicted molar refractivity (Wildman–Crippen MR) is 60.2 cm³/mol. The number of carbonyl (C=O) groups is 1. The van der Waals surface area contributed by atoms with E-state index in [1.807, 2.05) is 0 Å². The first-order valence-corrected chi connectivity index (χ1v) is 5.43. The first kappa shape index (κ1) is 11.7. The number of hydrogen-bond donors (Lipinski definition) is 1.